The molecule has 1 aromatic carbocycles. The maximum absolute atomic E-state index is 12.0. The second kappa shape index (κ2) is 7.88. The number of anilines is 1. The van der Waals surface area contributed by atoms with Gasteiger partial charge < -0.3 is 19.9 Å². The third kappa shape index (κ3) is 4.11. The van der Waals surface area contributed by atoms with Gasteiger partial charge in [0.05, 0.1) is 12.3 Å². The van der Waals surface area contributed by atoms with Crippen molar-refractivity contribution in [1.29, 1.82) is 0 Å². The Labute approximate surface area is 126 Å². The third-order valence-electron chi connectivity index (χ3n) is 3.73. The van der Waals surface area contributed by atoms with Gasteiger partial charge in [-0.15, -0.1) is 0 Å². The number of nitrogens with one attached hydrogen (secondary N) is 1. The Bertz CT molecular complexity index is 457. The van der Waals surface area contributed by atoms with Crippen LogP contribution < -0.4 is 15.0 Å². The van der Waals surface area contributed by atoms with Gasteiger partial charge in [-0.1, -0.05) is 12.1 Å². The van der Waals surface area contributed by atoms with E-state index in [4.69, 9.17) is 4.74 Å². The summed E-state index contributed by atoms with van der Waals surface area (Å²) < 4.78 is 5.69. The van der Waals surface area contributed by atoms with Crippen LogP contribution in [0.3, 0.4) is 0 Å². The average Bonchev–Trinajstić information content (AvgIpc) is 2.53. The number of para-hydroxylation sites is 2. The van der Waals surface area contributed by atoms with Gasteiger partial charge in [-0.05, 0) is 26.1 Å². The van der Waals surface area contributed by atoms with Gasteiger partial charge in [-0.25, -0.2) is 0 Å². The van der Waals surface area contributed by atoms with Crippen LogP contribution in [0.4, 0.5) is 5.69 Å². The van der Waals surface area contributed by atoms with Crippen molar-refractivity contribution in [3.8, 4) is 5.75 Å². The molecule has 1 aliphatic rings. The molecule has 1 saturated heterocycles. The van der Waals surface area contributed by atoms with Crippen molar-refractivity contribution in [3.63, 3.8) is 0 Å². The molecular weight excluding hydrogens is 266 g/mol. The first-order valence-electron chi connectivity index (χ1n) is 7.65. The van der Waals surface area contributed by atoms with Crippen molar-refractivity contribution < 1.29 is 9.53 Å². The summed E-state index contributed by atoms with van der Waals surface area (Å²) in [7, 11) is 1.87. The van der Waals surface area contributed by atoms with E-state index in [1.54, 1.807) is 0 Å². The van der Waals surface area contributed by atoms with E-state index in [1.807, 2.05) is 37.1 Å². The average molecular weight is 291 g/mol. The largest absolute Gasteiger partial charge is 0.492 e. The summed E-state index contributed by atoms with van der Waals surface area (Å²) >= 11 is 0. The molecule has 116 valence electrons. The topological polar surface area (TPSA) is 44.8 Å². The maximum atomic E-state index is 12.0. The minimum Gasteiger partial charge on any atom is -0.492 e. The monoisotopic (exact) mass is 291 g/mol. The highest BCUT2D eigenvalue weighted by Gasteiger charge is 2.22. The number of ether oxygens (including phenoxy) is 1. The quantitative estimate of drug-likeness (QED) is 0.859. The lowest BCUT2D eigenvalue weighted by atomic mass is 10.2. The van der Waals surface area contributed by atoms with E-state index in [-0.39, 0.29) is 5.91 Å². The van der Waals surface area contributed by atoms with Crippen LogP contribution in [-0.4, -0.2) is 57.2 Å². The molecule has 1 aromatic rings. The molecule has 1 fully saturated rings. The van der Waals surface area contributed by atoms with E-state index in [2.05, 4.69) is 16.3 Å². The Balaban J connectivity index is 1.93. The zero-order valence-corrected chi connectivity index (χ0v) is 13.0. The molecular formula is C16H25N3O2. The van der Waals surface area contributed by atoms with Gasteiger partial charge in [0.15, 0.2) is 0 Å². The van der Waals surface area contributed by atoms with Crippen molar-refractivity contribution in [1.82, 2.24) is 10.2 Å². The smallest absolute Gasteiger partial charge is 0.223 e. The Hall–Kier alpha value is -1.75. The molecule has 1 amide bonds. The van der Waals surface area contributed by atoms with Crippen LogP contribution in [0.5, 0.6) is 5.75 Å². The summed E-state index contributed by atoms with van der Waals surface area (Å²) in [5, 5.41) is 3.02. The molecule has 0 spiro atoms. The fourth-order valence-electron chi connectivity index (χ4n) is 2.58. The summed E-state index contributed by atoms with van der Waals surface area (Å²) in [5.41, 5.74) is 1.13. The summed E-state index contributed by atoms with van der Waals surface area (Å²) in [6.45, 7) is 6.68. The minimum absolute atomic E-state index is 0.238. The third-order valence-corrected chi connectivity index (χ3v) is 3.73. The minimum atomic E-state index is 0.238. The van der Waals surface area contributed by atoms with Crippen molar-refractivity contribution >= 4 is 11.6 Å². The normalized spacial score (nSPS) is 15.1. The number of hydrogen-bond donors (Lipinski definition) is 1. The van der Waals surface area contributed by atoms with E-state index in [0.29, 0.717) is 13.0 Å². The number of amides is 1. The molecule has 1 N–H and O–H groups in total. The van der Waals surface area contributed by atoms with Gasteiger partial charge in [0.2, 0.25) is 5.91 Å². The summed E-state index contributed by atoms with van der Waals surface area (Å²) in [6.07, 6.45) is 0.575. The van der Waals surface area contributed by atoms with Gasteiger partial charge >= 0.3 is 0 Å². The maximum Gasteiger partial charge on any atom is 0.223 e. The van der Waals surface area contributed by atoms with Crippen LogP contribution in [0.1, 0.15) is 13.3 Å². The molecule has 5 heteroatoms. The van der Waals surface area contributed by atoms with Crippen LogP contribution in [0, 0.1) is 0 Å². The number of carbonyl (C=O) groups is 1. The number of hydrogen-bond acceptors (Lipinski definition) is 4. The molecule has 5 nitrogen and oxygen atoms in total. The van der Waals surface area contributed by atoms with E-state index < -0.39 is 0 Å². The first kappa shape index (κ1) is 15.6. The summed E-state index contributed by atoms with van der Waals surface area (Å²) in [4.78, 5) is 16.3. The van der Waals surface area contributed by atoms with E-state index >= 15 is 0 Å². The molecule has 21 heavy (non-hydrogen) atoms. The lowest BCUT2D eigenvalue weighted by molar-refractivity contribution is -0.131. The molecule has 0 radical (unpaired) electrons. The molecule has 1 heterocycles. The number of nitrogens with zero attached hydrogens (tertiary/aromatic N) is 2. The molecule has 0 aromatic heterocycles. The van der Waals surface area contributed by atoms with Crippen LogP contribution in [0.15, 0.2) is 24.3 Å². The highest BCUT2D eigenvalue weighted by molar-refractivity contribution is 5.76. The lowest BCUT2D eigenvalue weighted by Crippen LogP contribution is -2.49. The van der Waals surface area contributed by atoms with Crippen LogP contribution in [0.2, 0.25) is 0 Å². The van der Waals surface area contributed by atoms with E-state index in [0.717, 1.165) is 44.2 Å². The predicted molar refractivity (Wildman–Crippen MR) is 84.9 cm³/mol. The van der Waals surface area contributed by atoms with Crippen molar-refractivity contribution in [3.05, 3.63) is 24.3 Å². The SMILES string of the molecule is CCOc1ccccc1N1CCN(C(=O)CCNC)CC1. The molecule has 2 rings (SSSR count). The highest BCUT2D eigenvalue weighted by Crippen LogP contribution is 2.28. The van der Waals surface area contributed by atoms with Gasteiger partial charge in [-0.2, -0.15) is 0 Å². The first-order valence-corrected chi connectivity index (χ1v) is 7.65. The number of piperazine rings is 1. The second-order valence-corrected chi connectivity index (χ2v) is 5.12. The summed E-state index contributed by atoms with van der Waals surface area (Å²) in [6, 6.07) is 8.11. The van der Waals surface area contributed by atoms with Crippen LogP contribution >= 0.6 is 0 Å². The predicted octanol–water partition coefficient (Wildman–Crippen LogP) is 1.34. The Morgan fingerprint density at radius 1 is 1.24 bits per heavy atom. The van der Waals surface area contributed by atoms with Crippen LogP contribution in [-0.2, 0) is 4.79 Å². The van der Waals surface area contributed by atoms with Gasteiger partial charge in [0.1, 0.15) is 5.75 Å². The molecule has 0 saturated carbocycles. The van der Waals surface area contributed by atoms with Crippen molar-refractivity contribution in [2.75, 3.05) is 51.3 Å². The van der Waals surface area contributed by atoms with Crippen LogP contribution in [0.25, 0.3) is 0 Å². The van der Waals surface area contributed by atoms with E-state index in [1.165, 1.54) is 0 Å². The van der Waals surface area contributed by atoms with Gasteiger partial charge in [-0.3, -0.25) is 4.79 Å². The zero-order chi connectivity index (χ0) is 15.1. The van der Waals surface area contributed by atoms with Gasteiger partial charge in [0.25, 0.3) is 0 Å². The van der Waals surface area contributed by atoms with E-state index in [9.17, 15) is 4.79 Å². The highest BCUT2D eigenvalue weighted by atomic mass is 16.5. The number of benzene rings is 1. The summed E-state index contributed by atoms with van der Waals surface area (Å²) in [5.74, 6) is 1.16. The van der Waals surface area contributed by atoms with Crippen molar-refractivity contribution in [2.45, 2.75) is 13.3 Å². The Morgan fingerprint density at radius 2 is 1.95 bits per heavy atom. The van der Waals surface area contributed by atoms with Gasteiger partial charge in [0, 0.05) is 39.1 Å². The first-order chi connectivity index (χ1) is 10.3. The second-order valence-electron chi connectivity index (χ2n) is 5.12. The Morgan fingerprint density at radius 3 is 2.62 bits per heavy atom. The fraction of sp³-hybridized carbons (Fsp3) is 0.562. The zero-order valence-electron chi connectivity index (χ0n) is 13.0. The number of carbonyl (C=O) groups excluding carboxylic acids is 1. The Kier molecular flexibility index (Phi) is 5.87. The lowest BCUT2D eigenvalue weighted by Gasteiger charge is -2.36. The molecule has 1 aliphatic heterocycles. The standard InChI is InChI=1S/C16H25N3O2/c1-3-21-15-7-5-4-6-14(15)18-10-12-19(13-11-18)16(20)8-9-17-2/h4-7,17H,3,8-13H2,1-2H3. The molecule has 0 unspecified atom stereocenters. The number of rotatable bonds is 6. The fourth-order valence-corrected chi connectivity index (χ4v) is 2.58. The van der Waals surface area contributed by atoms with Crippen molar-refractivity contribution in [2.24, 2.45) is 0 Å². The molecule has 0 bridgehead atoms. The molecule has 0 atom stereocenters. The molecule has 0 aliphatic carbocycles.